The minimum absolute atomic E-state index is 0.0721. The number of nitrogens with one attached hydrogen (secondary N) is 2. The van der Waals surface area contributed by atoms with Crippen LogP contribution in [0.5, 0.6) is 0 Å². The number of benzene rings is 1. The van der Waals surface area contributed by atoms with Gasteiger partial charge in [-0.25, -0.2) is 13.1 Å². The third kappa shape index (κ3) is 7.28. The predicted molar refractivity (Wildman–Crippen MR) is 81.1 cm³/mol. The van der Waals surface area contributed by atoms with E-state index in [9.17, 15) is 26.4 Å². The number of hydrogen-bond donors (Lipinski definition) is 2. The fraction of sp³-hybridized carbons (Fsp3) is 0.500. The summed E-state index contributed by atoms with van der Waals surface area (Å²) >= 11 is 0. The molecule has 1 amide bonds. The lowest BCUT2D eigenvalue weighted by Crippen LogP contribution is -2.31. The van der Waals surface area contributed by atoms with E-state index in [4.69, 9.17) is 0 Å². The molecule has 0 heterocycles. The van der Waals surface area contributed by atoms with Crippen molar-refractivity contribution >= 4 is 15.9 Å². The van der Waals surface area contributed by atoms with E-state index >= 15 is 0 Å². The summed E-state index contributed by atoms with van der Waals surface area (Å²) in [5.41, 5.74) is 0.0810. The molecule has 1 rings (SSSR count). The van der Waals surface area contributed by atoms with Crippen molar-refractivity contribution in [3.8, 4) is 0 Å². The number of carbonyl (C=O) groups excluding carboxylic acids is 1. The van der Waals surface area contributed by atoms with Gasteiger partial charge in [-0.2, -0.15) is 13.2 Å². The highest BCUT2D eigenvalue weighted by Gasteiger charge is 2.27. The van der Waals surface area contributed by atoms with Crippen LogP contribution in [-0.4, -0.2) is 46.3 Å². The van der Waals surface area contributed by atoms with Crippen LogP contribution >= 0.6 is 0 Å². The van der Waals surface area contributed by atoms with Crippen LogP contribution in [0.25, 0.3) is 0 Å². The molecule has 24 heavy (non-hydrogen) atoms. The van der Waals surface area contributed by atoms with E-state index < -0.39 is 28.7 Å². The highest BCUT2D eigenvalue weighted by Crippen LogP contribution is 2.14. The molecule has 0 fully saturated rings. The number of ether oxygens (including phenoxy) is 1. The zero-order valence-electron chi connectivity index (χ0n) is 13.2. The molecule has 2 N–H and O–H groups in total. The lowest BCUT2D eigenvalue weighted by molar-refractivity contribution is -0.173. The summed E-state index contributed by atoms with van der Waals surface area (Å²) in [5, 5.41) is 2.36. The van der Waals surface area contributed by atoms with Gasteiger partial charge in [-0.05, 0) is 32.0 Å². The van der Waals surface area contributed by atoms with E-state index in [1.165, 1.54) is 24.3 Å². The lowest BCUT2D eigenvalue weighted by Gasteiger charge is -2.11. The molecule has 136 valence electrons. The maximum Gasteiger partial charge on any atom is 0.411 e. The number of sulfonamides is 1. The molecular weight excluding hydrogens is 349 g/mol. The molecule has 0 bridgehead atoms. The second-order valence-corrected chi connectivity index (χ2v) is 6.94. The number of hydrogen-bond acceptors (Lipinski definition) is 4. The third-order valence-corrected chi connectivity index (χ3v) is 4.25. The van der Waals surface area contributed by atoms with Gasteiger partial charge in [0.05, 0.1) is 11.5 Å². The maximum atomic E-state index is 12.0. The van der Waals surface area contributed by atoms with Crippen LogP contribution in [0.15, 0.2) is 29.2 Å². The Balaban J connectivity index is 2.61. The minimum atomic E-state index is -4.42. The first-order valence-corrected chi connectivity index (χ1v) is 8.55. The number of carbonyl (C=O) groups is 1. The van der Waals surface area contributed by atoms with Gasteiger partial charge in [-0.1, -0.05) is 6.07 Å². The molecule has 0 aliphatic carbocycles. The van der Waals surface area contributed by atoms with Crippen molar-refractivity contribution in [1.29, 1.82) is 0 Å². The van der Waals surface area contributed by atoms with Crippen molar-refractivity contribution in [2.24, 2.45) is 0 Å². The topological polar surface area (TPSA) is 84.5 Å². The monoisotopic (exact) mass is 368 g/mol. The molecule has 0 spiro atoms. The highest BCUT2D eigenvalue weighted by molar-refractivity contribution is 7.89. The lowest BCUT2D eigenvalue weighted by atomic mass is 10.2. The Kier molecular flexibility index (Phi) is 7.18. The molecule has 0 radical (unpaired) electrons. The fourth-order valence-electron chi connectivity index (χ4n) is 1.71. The smallest absolute Gasteiger partial charge is 0.370 e. The molecular formula is C14H19F3N2O4S. The molecule has 0 aromatic heterocycles. The average molecular weight is 368 g/mol. The first-order chi connectivity index (χ1) is 11.0. The van der Waals surface area contributed by atoms with E-state index in [2.05, 4.69) is 14.8 Å². The zero-order chi connectivity index (χ0) is 18.4. The van der Waals surface area contributed by atoms with Crippen LogP contribution in [0, 0.1) is 0 Å². The van der Waals surface area contributed by atoms with Crippen molar-refractivity contribution in [2.75, 3.05) is 19.8 Å². The molecule has 0 aliphatic rings. The predicted octanol–water partition coefficient (Wildman–Crippen LogP) is 1.68. The van der Waals surface area contributed by atoms with Gasteiger partial charge in [0, 0.05) is 18.2 Å². The van der Waals surface area contributed by atoms with Crippen LogP contribution < -0.4 is 10.0 Å². The first-order valence-electron chi connectivity index (χ1n) is 7.06. The van der Waals surface area contributed by atoms with Gasteiger partial charge in [-0.3, -0.25) is 4.79 Å². The van der Waals surface area contributed by atoms with Gasteiger partial charge >= 0.3 is 6.18 Å². The van der Waals surface area contributed by atoms with Crippen LogP contribution in [0.2, 0.25) is 0 Å². The molecule has 6 nitrogen and oxygen atoms in total. The zero-order valence-corrected chi connectivity index (χ0v) is 14.0. The Bertz CT molecular complexity index is 660. The van der Waals surface area contributed by atoms with Crippen molar-refractivity contribution in [3.05, 3.63) is 29.8 Å². The van der Waals surface area contributed by atoms with Crippen molar-refractivity contribution < 1.29 is 31.1 Å². The minimum Gasteiger partial charge on any atom is -0.370 e. The molecule has 10 heteroatoms. The second kappa shape index (κ2) is 8.45. The fourth-order valence-corrected chi connectivity index (χ4v) is 3.01. The van der Waals surface area contributed by atoms with Gasteiger partial charge in [0.2, 0.25) is 10.0 Å². The average Bonchev–Trinajstić information content (AvgIpc) is 2.44. The normalized spacial score (nSPS) is 12.4. The summed E-state index contributed by atoms with van der Waals surface area (Å²) < 4.78 is 66.5. The van der Waals surface area contributed by atoms with Gasteiger partial charge in [0.1, 0.15) is 6.61 Å². The van der Waals surface area contributed by atoms with Crippen LogP contribution in [0.3, 0.4) is 0 Å². The summed E-state index contributed by atoms with van der Waals surface area (Å²) in [5.74, 6) is -0.604. The third-order valence-electron chi connectivity index (χ3n) is 2.60. The Labute approximate surface area is 138 Å². The molecule has 1 aromatic rings. The maximum absolute atomic E-state index is 12.0. The molecule has 0 saturated carbocycles. The molecule has 0 aliphatic heterocycles. The van der Waals surface area contributed by atoms with Gasteiger partial charge in [0.25, 0.3) is 5.91 Å². The Morgan fingerprint density at radius 3 is 2.54 bits per heavy atom. The van der Waals surface area contributed by atoms with E-state index in [-0.39, 0.29) is 29.7 Å². The number of alkyl halides is 3. The Morgan fingerprint density at radius 1 is 1.29 bits per heavy atom. The summed E-state index contributed by atoms with van der Waals surface area (Å²) in [6, 6.07) is 5.03. The van der Waals surface area contributed by atoms with Gasteiger partial charge in [-0.15, -0.1) is 0 Å². The number of amides is 1. The first kappa shape index (κ1) is 20.4. The summed E-state index contributed by atoms with van der Waals surface area (Å²) in [4.78, 5) is 11.8. The molecule has 0 atom stereocenters. The van der Waals surface area contributed by atoms with E-state index in [1.54, 1.807) is 13.8 Å². The molecule has 0 unspecified atom stereocenters. The largest absolute Gasteiger partial charge is 0.411 e. The van der Waals surface area contributed by atoms with Crippen molar-refractivity contribution in [2.45, 2.75) is 31.0 Å². The quantitative estimate of drug-likeness (QED) is 0.684. The van der Waals surface area contributed by atoms with Crippen LogP contribution in [0.4, 0.5) is 13.2 Å². The molecule has 0 saturated heterocycles. The summed E-state index contributed by atoms with van der Waals surface area (Å²) in [6.45, 7) is 1.50. The summed E-state index contributed by atoms with van der Waals surface area (Å²) in [6.07, 6.45) is -4.42. The van der Waals surface area contributed by atoms with Crippen LogP contribution in [0.1, 0.15) is 24.2 Å². The Hall–Kier alpha value is -1.65. The standard InChI is InChI=1S/C14H19F3N2O4S/c1-10(2)19-24(21,22)12-5-3-4-11(8-12)13(20)18-6-7-23-9-14(15,16)17/h3-5,8,10,19H,6-7,9H2,1-2H3,(H,18,20). The van der Waals surface area contributed by atoms with E-state index in [0.717, 1.165) is 0 Å². The molecule has 1 aromatic carbocycles. The van der Waals surface area contributed by atoms with Crippen molar-refractivity contribution in [1.82, 2.24) is 10.0 Å². The SMILES string of the molecule is CC(C)NS(=O)(=O)c1cccc(C(=O)NCCOCC(F)(F)F)c1. The van der Waals surface area contributed by atoms with Gasteiger partial charge in [0.15, 0.2) is 0 Å². The second-order valence-electron chi connectivity index (χ2n) is 5.23. The number of rotatable bonds is 8. The Morgan fingerprint density at radius 2 is 1.96 bits per heavy atom. The van der Waals surface area contributed by atoms with Gasteiger partial charge < -0.3 is 10.1 Å². The number of halogens is 3. The van der Waals surface area contributed by atoms with Crippen molar-refractivity contribution in [3.63, 3.8) is 0 Å². The van der Waals surface area contributed by atoms with E-state index in [1.807, 2.05) is 0 Å². The van der Waals surface area contributed by atoms with Crippen LogP contribution in [-0.2, 0) is 14.8 Å². The van der Waals surface area contributed by atoms with E-state index in [0.29, 0.717) is 0 Å². The highest BCUT2D eigenvalue weighted by atomic mass is 32.2. The summed E-state index contributed by atoms with van der Waals surface area (Å²) in [7, 11) is -3.74.